The minimum atomic E-state index is -1.59. The zero-order valence-electron chi connectivity index (χ0n) is 10.9. The van der Waals surface area contributed by atoms with Gasteiger partial charge in [0, 0.05) is 6.61 Å². The lowest BCUT2D eigenvalue weighted by Gasteiger charge is -2.25. The van der Waals surface area contributed by atoms with Crippen molar-refractivity contribution in [2.24, 2.45) is 0 Å². The van der Waals surface area contributed by atoms with Crippen LogP contribution in [0.4, 0.5) is 0 Å². The van der Waals surface area contributed by atoms with Gasteiger partial charge in [-0.2, -0.15) is 0 Å². The molecule has 0 aliphatic carbocycles. The molecule has 0 rings (SSSR count). The lowest BCUT2D eigenvalue weighted by molar-refractivity contribution is -0.129. The fourth-order valence-electron chi connectivity index (χ4n) is 1.50. The minimum absolute atomic E-state index is 0.109. The predicted molar refractivity (Wildman–Crippen MR) is 66.1 cm³/mol. The van der Waals surface area contributed by atoms with Crippen molar-refractivity contribution >= 4 is 0 Å². The molecular weight excluding hydrogens is 240 g/mol. The maximum absolute atomic E-state index is 9.51. The Morgan fingerprint density at radius 1 is 0.889 bits per heavy atom. The highest BCUT2D eigenvalue weighted by molar-refractivity contribution is 4.80. The molecular formula is C12H26O6. The van der Waals surface area contributed by atoms with Crippen LogP contribution in [-0.4, -0.2) is 69.8 Å². The molecule has 0 spiro atoms. The summed E-state index contributed by atoms with van der Waals surface area (Å²) in [5.41, 5.74) is 0. The summed E-state index contributed by atoms with van der Waals surface area (Å²) in [6, 6.07) is 0. The minimum Gasteiger partial charge on any atom is -0.394 e. The fourth-order valence-corrected chi connectivity index (χ4v) is 1.50. The van der Waals surface area contributed by atoms with Gasteiger partial charge in [0.1, 0.15) is 24.4 Å². The second-order valence-electron chi connectivity index (χ2n) is 4.43. The topological polar surface area (TPSA) is 110 Å². The highest BCUT2D eigenvalue weighted by Gasteiger charge is 2.29. The van der Waals surface area contributed by atoms with E-state index in [4.69, 9.17) is 14.9 Å². The second kappa shape index (κ2) is 10.7. The first-order valence-corrected chi connectivity index (χ1v) is 6.45. The molecule has 0 aromatic carbocycles. The lowest BCUT2D eigenvalue weighted by Crippen LogP contribution is -2.47. The molecule has 0 aromatic rings. The van der Waals surface area contributed by atoms with Gasteiger partial charge in [0.15, 0.2) is 0 Å². The number of rotatable bonds is 11. The largest absolute Gasteiger partial charge is 0.394 e. The lowest BCUT2D eigenvalue weighted by atomic mass is 10.0. The van der Waals surface area contributed by atoms with E-state index < -0.39 is 31.0 Å². The number of hydrogen-bond acceptors (Lipinski definition) is 6. The molecule has 6 heteroatoms. The Bertz CT molecular complexity index is 189. The van der Waals surface area contributed by atoms with Crippen molar-refractivity contribution in [1.82, 2.24) is 0 Å². The summed E-state index contributed by atoms with van der Waals surface area (Å²) in [6.07, 6.45) is -1.68. The van der Waals surface area contributed by atoms with E-state index in [1.807, 2.05) is 0 Å². The maximum Gasteiger partial charge on any atom is 0.111 e. The first-order valence-electron chi connectivity index (χ1n) is 6.45. The van der Waals surface area contributed by atoms with Crippen LogP contribution >= 0.6 is 0 Å². The van der Waals surface area contributed by atoms with Gasteiger partial charge in [0.05, 0.1) is 13.2 Å². The van der Waals surface area contributed by atoms with Crippen LogP contribution in [0.5, 0.6) is 0 Å². The summed E-state index contributed by atoms with van der Waals surface area (Å²) >= 11 is 0. The molecule has 0 bridgehead atoms. The summed E-state index contributed by atoms with van der Waals surface area (Å²) in [5, 5.41) is 46.0. The normalized spacial score (nSPS) is 18.3. The molecule has 6 nitrogen and oxygen atoms in total. The highest BCUT2D eigenvalue weighted by Crippen LogP contribution is 2.06. The van der Waals surface area contributed by atoms with Gasteiger partial charge in [-0.1, -0.05) is 26.2 Å². The van der Waals surface area contributed by atoms with Crippen molar-refractivity contribution in [2.45, 2.75) is 57.0 Å². The van der Waals surface area contributed by atoms with Crippen molar-refractivity contribution in [3.8, 4) is 0 Å². The van der Waals surface area contributed by atoms with E-state index in [1.54, 1.807) is 0 Å². The first kappa shape index (κ1) is 17.8. The Balaban J connectivity index is 3.70. The van der Waals surface area contributed by atoms with Crippen LogP contribution in [0.25, 0.3) is 0 Å². The van der Waals surface area contributed by atoms with E-state index >= 15 is 0 Å². The number of ether oxygens (including phenoxy) is 1. The van der Waals surface area contributed by atoms with Gasteiger partial charge in [-0.25, -0.2) is 0 Å². The molecule has 4 atom stereocenters. The zero-order chi connectivity index (χ0) is 14.0. The molecule has 0 saturated heterocycles. The van der Waals surface area contributed by atoms with Gasteiger partial charge in [-0.15, -0.1) is 0 Å². The van der Waals surface area contributed by atoms with Crippen LogP contribution in [0.2, 0.25) is 0 Å². The van der Waals surface area contributed by atoms with Gasteiger partial charge < -0.3 is 30.3 Å². The monoisotopic (exact) mass is 266 g/mol. The van der Waals surface area contributed by atoms with Gasteiger partial charge in [0.2, 0.25) is 0 Å². The quantitative estimate of drug-likeness (QED) is 0.307. The summed E-state index contributed by atoms with van der Waals surface area (Å²) in [7, 11) is 0. The Morgan fingerprint density at radius 2 is 1.50 bits per heavy atom. The van der Waals surface area contributed by atoms with Gasteiger partial charge in [-0.3, -0.25) is 0 Å². The van der Waals surface area contributed by atoms with E-state index in [9.17, 15) is 15.3 Å². The van der Waals surface area contributed by atoms with Gasteiger partial charge >= 0.3 is 0 Å². The van der Waals surface area contributed by atoms with E-state index in [2.05, 4.69) is 6.92 Å². The fraction of sp³-hybridized carbons (Fsp3) is 1.00. The molecule has 0 heterocycles. The summed E-state index contributed by atoms with van der Waals surface area (Å²) < 4.78 is 5.16. The van der Waals surface area contributed by atoms with Crippen molar-refractivity contribution in [1.29, 1.82) is 0 Å². The molecule has 0 aromatic heterocycles. The smallest absolute Gasteiger partial charge is 0.111 e. The van der Waals surface area contributed by atoms with E-state index in [-0.39, 0.29) is 6.61 Å². The molecule has 0 saturated carbocycles. The average molecular weight is 266 g/mol. The van der Waals surface area contributed by atoms with Crippen LogP contribution in [-0.2, 0) is 4.74 Å². The highest BCUT2D eigenvalue weighted by atomic mass is 16.5. The third-order valence-corrected chi connectivity index (χ3v) is 2.76. The zero-order valence-corrected chi connectivity index (χ0v) is 10.9. The van der Waals surface area contributed by atoms with Crippen molar-refractivity contribution in [2.75, 3.05) is 19.8 Å². The Morgan fingerprint density at radius 3 is 2.06 bits per heavy atom. The van der Waals surface area contributed by atoms with Crippen LogP contribution < -0.4 is 0 Å². The average Bonchev–Trinajstić information content (AvgIpc) is 2.39. The standard InChI is InChI=1S/C12H26O6/c1-2-3-4-5-6-18-8-10(15)12(17)11(16)9(14)7-13/h9-17H,2-8H2,1H3/t9-,10-,11-,12-/m1/s1. The van der Waals surface area contributed by atoms with Crippen molar-refractivity contribution in [3.63, 3.8) is 0 Å². The molecule has 0 aliphatic heterocycles. The molecule has 0 aliphatic rings. The maximum atomic E-state index is 9.51. The SMILES string of the molecule is CCCCCCOC[C@@H](O)[C@@H](O)[C@H](O)[C@H](O)CO. The summed E-state index contributed by atoms with van der Waals surface area (Å²) in [5.74, 6) is 0. The van der Waals surface area contributed by atoms with Gasteiger partial charge in [0.25, 0.3) is 0 Å². The number of hydrogen-bond donors (Lipinski definition) is 5. The van der Waals surface area contributed by atoms with Crippen LogP contribution in [0.3, 0.4) is 0 Å². The number of aliphatic hydroxyl groups excluding tert-OH is 5. The van der Waals surface area contributed by atoms with E-state index in [1.165, 1.54) is 0 Å². The Hall–Kier alpha value is -0.240. The molecule has 110 valence electrons. The Labute approximate surface area is 108 Å². The van der Waals surface area contributed by atoms with Crippen molar-refractivity contribution in [3.05, 3.63) is 0 Å². The first-order chi connectivity index (χ1) is 8.54. The molecule has 0 unspecified atom stereocenters. The molecule has 18 heavy (non-hydrogen) atoms. The molecule has 5 N–H and O–H groups in total. The third-order valence-electron chi connectivity index (χ3n) is 2.76. The molecule has 0 radical (unpaired) electrons. The van der Waals surface area contributed by atoms with Crippen LogP contribution in [0.1, 0.15) is 32.6 Å². The predicted octanol–water partition coefficient (Wildman–Crippen LogP) is -0.981. The summed E-state index contributed by atoms with van der Waals surface area (Å²) in [6.45, 7) is 1.81. The number of aliphatic hydroxyl groups is 5. The van der Waals surface area contributed by atoms with E-state index in [0.29, 0.717) is 6.61 Å². The third kappa shape index (κ3) is 7.25. The van der Waals surface area contributed by atoms with Crippen LogP contribution in [0, 0.1) is 0 Å². The van der Waals surface area contributed by atoms with E-state index in [0.717, 1.165) is 25.7 Å². The Kier molecular flexibility index (Phi) is 10.5. The second-order valence-corrected chi connectivity index (χ2v) is 4.43. The number of unbranched alkanes of at least 4 members (excludes halogenated alkanes) is 3. The van der Waals surface area contributed by atoms with Crippen molar-refractivity contribution < 1.29 is 30.3 Å². The van der Waals surface area contributed by atoms with Crippen LogP contribution in [0.15, 0.2) is 0 Å². The molecule has 0 amide bonds. The van der Waals surface area contributed by atoms with Gasteiger partial charge in [-0.05, 0) is 6.42 Å². The summed E-state index contributed by atoms with van der Waals surface area (Å²) in [4.78, 5) is 0. The molecule has 0 fully saturated rings.